The minimum absolute atomic E-state index is 0.0387. The van der Waals surface area contributed by atoms with Crippen LogP contribution in [0.25, 0.3) is 0 Å². The van der Waals surface area contributed by atoms with E-state index in [0.29, 0.717) is 41.6 Å². The van der Waals surface area contributed by atoms with Crippen LogP contribution in [0.4, 0.5) is 10.5 Å². The van der Waals surface area contributed by atoms with Gasteiger partial charge in [0, 0.05) is 34.9 Å². The van der Waals surface area contributed by atoms with Crippen molar-refractivity contribution in [3.63, 3.8) is 0 Å². The Morgan fingerprint density at radius 1 is 1.32 bits per heavy atom. The molecule has 146 valence electrons. The molecule has 7 nitrogen and oxygen atoms in total. The molecule has 28 heavy (non-hydrogen) atoms. The van der Waals surface area contributed by atoms with Crippen molar-refractivity contribution in [2.45, 2.75) is 20.1 Å². The Labute approximate surface area is 167 Å². The summed E-state index contributed by atoms with van der Waals surface area (Å²) in [5, 5.41) is 3.29. The highest BCUT2D eigenvalue weighted by Crippen LogP contribution is 2.32. The number of hydrogen-bond donors (Lipinski definition) is 1. The van der Waals surface area contributed by atoms with E-state index in [1.165, 1.54) is 0 Å². The van der Waals surface area contributed by atoms with Gasteiger partial charge in [-0.2, -0.15) is 0 Å². The number of carbonyl (C=O) groups is 2. The van der Waals surface area contributed by atoms with Gasteiger partial charge in [0.05, 0.1) is 12.2 Å². The predicted octanol–water partition coefficient (Wildman–Crippen LogP) is 3.40. The third-order valence-corrected chi connectivity index (χ3v) is 4.91. The van der Waals surface area contributed by atoms with Gasteiger partial charge in [-0.25, -0.2) is 9.59 Å². The van der Waals surface area contributed by atoms with Crippen molar-refractivity contribution in [1.29, 1.82) is 0 Å². The first-order valence-corrected chi connectivity index (χ1v) is 9.25. The Hall–Kier alpha value is -2.77. The predicted molar refractivity (Wildman–Crippen MR) is 103 cm³/mol. The van der Waals surface area contributed by atoms with E-state index in [-0.39, 0.29) is 19.4 Å². The molecule has 1 saturated heterocycles. The molecule has 0 saturated carbocycles. The van der Waals surface area contributed by atoms with E-state index in [0.717, 1.165) is 16.8 Å². The van der Waals surface area contributed by atoms with Gasteiger partial charge in [-0.3, -0.25) is 4.90 Å². The van der Waals surface area contributed by atoms with Gasteiger partial charge in [-0.15, -0.1) is 0 Å². The number of rotatable bonds is 4. The number of carbonyl (C=O) groups excluding carboxylic acids is 2. The number of amides is 2. The number of urea groups is 1. The molecule has 0 aromatic heterocycles. The molecule has 2 aromatic rings. The fourth-order valence-electron chi connectivity index (χ4n) is 3.38. The Kier molecular flexibility index (Phi) is 5.11. The third-order valence-electron chi connectivity index (χ3n) is 4.69. The van der Waals surface area contributed by atoms with Crippen LogP contribution in [-0.4, -0.2) is 31.9 Å². The summed E-state index contributed by atoms with van der Waals surface area (Å²) in [4.78, 5) is 26.0. The molecule has 0 bridgehead atoms. The highest BCUT2D eigenvalue weighted by molar-refractivity contribution is 6.30. The van der Waals surface area contributed by atoms with Crippen molar-refractivity contribution in [3.8, 4) is 5.75 Å². The Morgan fingerprint density at radius 3 is 2.93 bits per heavy atom. The van der Waals surface area contributed by atoms with Gasteiger partial charge >= 0.3 is 12.0 Å². The molecule has 1 fully saturated rings. The minimum atomic E-state index is -0.457. The van der Waals surface area contributed by atoms with Crippen LogP contribution in [0.2, 0.25) is 5.02 Å². The van der Waals surface area contributed by atoms with Crippen molar-refractivity contribution < 1.29 is 23.8 Å². The van der Waals surface area contributed by atoms with Crippen LogP contribution in [0.1, 0.15) is 27.0 Å². The standard InChI is InChI=1S/C20H19ClN2O5/c1-12-6-13(2-3-17(12)23-5-4-22-20(23)25)19(24)27-10-15-8-16(21)7-14-9-26-11-28-18(14)15/h2-3,6-8H,4-5,9-11H2,1H3,(H,22,25). The van der Waals surface area contributed by atoms with Gasteiger partial charge < -0.3 is 19.5 Å². The van der Waals surface area contributed by atoms with Crippen molar-refractivity contribution in [1.82, 2.24) is 5.32 Å². The molecule has 2 aromatic carbocycles. The lowest BCUT2D eigenvalue weighted by molar-refractivity contribution is -0.0180. The van der Waals surface area contributed by atoms with Crippen molar-refractivity contribution in [2.24, 2.45) is 0 Å². The Balaban J connectivity index is 1.48. The van der Waals surface area contributed by atoms with Gasteiger partial charge in [0.25, 0.3) is 0 Å². The van der Waals surface area contributed by atoms with Crippen LogP contribution < -0.4 is 15.0 Å². The van der Waals surface area contributed by atoms with Crippen LogP contribution >= 0.6 is 11.6 Å². The van der Waals surface area contributed by atoms with E-state index in [9.17, 15) is 9.59 Å². The highest BCUT2D eigenvalue weighted by Gasteiger charge is 2.23. The molecule has 2 aliphatic rings. The second kappa shape index (κ2) is 7.69. The van der Waals surface area contributed by atoms with Crippen molar-refractivity contribution in [3.05, 3.63) is 57.6 Å². The molecule has 4 rings (SSSR count). The van der Waals surface area contributed by atoms with E-state index < -0.39 is 5.97 Å². The van der Waals surface area contributed by atoms with Crippen molar-refractivity contribution >= 4 is 29.3 Å². The first-order chi connectivity index (χ1) is 13.5. The summed E-state index contributed by atoms with van der Waals surface area (Å²) in [6, 6.07) is 8.51. The number of benzene rings is 2. The molecule has 2 amide bonds. The maximum atomic E-state index is 12.5. The zero-order valence-electron chi connectivity index (χ0n) is 15.3. The van der Waals surface area contributed by atoms with E-state index in [1.54, 1.807) is 35.2 Å². The first kappa shape index (κ1) is 18.6. The molecule has 0 atom stereocenters. The van der Waals surface area contributed by atoms with Crippen LogP contribution in [0.15, 0.2) is 30.3 Å². The summed E-state index contributed by atoms with van der Waals surface area (Å²) in [5.74, 6) is 0.191. The third kappa shape index (κ3) is 3.63. The molecule has 0 radical (unpaired) electrons. The van der Waals surface area contributed by atoms with Gasteiger partial charge in [0.15, 0.2) is 6.79 Å². The lowest BCUT2D eigenvalue weighted by atomic mass is 10.1. The van der Waals surface area contributed by atoms with Gasteiger partial charge in [0.1, 0.15) is 12.4 Å². The van der Waals surface area contributed by atoms with Crippen LogP contribution in [0.5, 0.6) is 5.75 Å². The number of nitrogens with zero attached hydrogens (tertiary/aromatic N) is 1. The largest absolute Gasteiger partial charge is 0.467 e. The molecule has 1 N–H and O–H groups in total. The van der Waals surface area contributed by atoms with Crippen LogP contribution in [-0.2, 0) is 22.7 Å². The lowest BCUT2D eigenvalue weighted by Crippen LogP contribution is -2.28. The molecule has 2 heterocycles. The van der Waals surface area contributed by atoms with Crippen LogP contribution in [0, 0.1) is 6.92 Å². The van der Waals surface area contributed by atoms with E-state index in [1.807, 2.05) is 6.92 Å². The highest BCUT2D eigenvalue weighted by atomic mass is 35.5. The zero-order valence-corrected chi connectivity index (χ0v) is 16.0. The summed E-state index contributed by atoms with van der Waals surface area (Å²) in [7, 11) is 0. The first-order valence-electron chi connectivity index (χ1n) is 8.88. The molecular weight excluding hydrogens is 384 g/mol. The average Bonchev–Trinajstić information content (AvgIpc) is 3.11. The number of nitrogens with one attached hydrogen (secondary N) is 1. The molecule has 0 aliphatic carbocycles. The van der Waals surface area contributed by atoms with Gasteiger partial charge in [-0.1, -0.05) is 11.6 Å². The van der Waals surface area contributed by atoms with Gasteiger partial charge in [0.2, 0.25) is 0 Å². The quantitative estimate of drug-likeness (QED) is 0.793. The maximum absolute atomic E-state index is 12.5. The summed E-state index contributed by atoms with van der Waals surface area (Å²) in [6.45, 7) is 3.67. The zero-order chi connectivity index (χ0) is 19.7. The average molecular weight is 403 g/mol. The van der Waals surface area contributed by atoms with Crippen LogP contribution in [0.3, 0.4) is 0 Å². The minimum Gasteiger partial charge on any atom is -0.467 e. The number of anilines is 1. The lowest BCUT2D eigenvalue weighted by Gasteiger charge is -2.21. The molecule has 0 unspecified atom stereocenters. The summed E-state index contributed by atoms with van der Waals surface area (Å²) in [5.41, 5.74) is 3.55. The van der Waals surface area contributed by atoms with E-state index >= 15 is 0 Å². The SMILES string of the molecule is Cc1cc(C(=O)OCc2cc(Cl)cc3c2OCOC3)ccc1N1CCNC1=O. The Bertz CT molecular complexity index is 946. The Morgan fingerprint density at radius 2 is 2.18 bits per heavy atom. The number of ether oxygens (including phenoxy) is 3. The summed E-state index contributed by atoms with van der Waals surface area (Å²) >= 11 is 6.14. The van der Waals surface area contributed by atoms with Gasteiger partial charge in [-0.05, 0) is 42.8 Å². The summed E-state index contributed by atoms with van der Waals surface area (Å²) in [6.07, 6.45) is 0. The maximum Gasteiger partial charge on any atom is 0.338 e. The number of aryl methyl sites for hydroxylation is 1. The number of halogens is 1. The normalized spacial score (nSPS) is 15.6. The second-order valence-electron chi connectivity index (χ2n) is 6.62. The summed E-state index contributed by atoms with van der Waals surface area (Å²) < 4.78 is 16.3. The molecule has 0 spiro atoms. The number of fused-ring (bicyclic) bond motifs is 1. The smallest absolute Gasteiger partial charge is 0.338 e. The monoisotopic (exact) mass is 402 g/mol. The van der Waals surface area contributed by atoms with Crippen molar-refractivity contribution in [2.75, 3.05) is 24.8 Å². The molecule has 8 heteroatoms. The topological polar surface area (TPSA) is 77.1 Å². The molecule has 2 aliphatic heterocycles. The van der Waals surface area contributed by atoms with E-state index in [4.69, 9.17) is 25.8 Å². The number of esters is 1. The molecular formula is C20H19ClN2O5. The fraction of sp³-hybridized carbons (Fsp3) is 0.300. The second-order valence-corrected chi connectivity index (χ2v) is 7.06. The van der Waals surface area contributed by atoms with E-state index in [2.05, 4.69) is 5.32 Å². The fourth-order valence-corrected chi connectivity index (χ4v) is 3.64. The number of hydrogen-bond acceptors (Lipinski definition) is 5.